The molecule has 0 aromatic carbocycles. The molecule has 7 nitrogen and oxygen atoms in total. The van der Waals surface area contributed by atoms with Gasteiger partial charge in [-0.05, 0) is 0 Å². The Hall–Kier alpha value is -1.86. The Kier molecular flexibility index (Phi) is 2.54. The largest absolute Gasteiger partial charge is 0.753 e. The highest BCUT2D eigenvalue weighted by Crippen LogP contribution is 2.26. The van der Waals surface area contributed by atoms with Gasteiger partial charge >= 0.3 is 0 Å². The van der Waals surface area contributed by atoms with Gasteiger partial charge in [-0.1, -0.05) is 0 Å². The molecule has 2 N–H and O–H groups in total. The minimum absolute atomic E-state index is 0.323. The number of aromatic nitrogens is 2. The van der Waals surface area contributed by atoms with Crippen molar-refractivity contribution in [1.82, 2.24) is 15.3 Å². The highest BCUT2D eigenvalue weighted by molar-refractivity contribution is 5.69. The maximum Gasteiger partial charge on any atom is 0.173 e. The first-order valence-electron chi connectivity index (χ1n) is 5.57. The molecule has 0 aliphatic carbocycles. The van der Waals surface area contributed by atoms with Gasteiger partial charge in [-0.3, -0.25) is 0 Å². The lowest BCUT2D eigenvalue weighted by Gasteiger charge is -2.32. The minimum Gasteiger partial charge on any atom is -0.753 e. The summed E-state index contributed by atoms with van der Waals surface area (Å²) in [6, 6.07) is 0. The molecular weight excluding hydrogens is 220 g/mol. The van der Waals surface area contributed by atoms with E-state index in [0.717, 1.165) is 37.1 Å². The van der Waals surface area contributed by atoms with Crippen molar-refractivity contribution >= 4 is 17.5 Å². The van der Waals surface area contributed by atoms with E-state index in [1.54, 1.807) is 12.4 Å². The molecule has 7 heteroatoms. The Morgan fingerprint density at radius 3 is 2.94 bits per heavy atom. The number of nitrogens with one attached hydrogen (secondary N) is 2. The van der Waals surface area contributed by atoms with Crippen LogP contribution in [0.15, 0.2) is 18.6 Å². The fourth-order valence-electron chi connectivity index (χ4n) is 1.93. The Balaban J connectivity index is 1.90. The van der Waals surface area contributed by atoms with Crippen LogP contribution in [0.5, 0.6) is 0 Å². The second-order valence-corrected chi connectivity index (χ2v) is 3.92. The van der Waals surface area contributed by atoms with Crippen LogP contribution in [-0.2, 0) is 0 Å². The molecule has 1 fully saturated rings. The fourth-order valence-corrected chi connectivity index (χ4v) is 1.93. The second kappa shape index (κ2) is 4.19. The number of hydrogen-bond acceptors (Lipinski definition) is 7. The molecule has 2 aliphatic rings. The van der Waals surface area contributed by atoms with Gasteiger partial charge in [0.1, 0.15) is 5.82 Å². The van der Waals surface area contributed by atoms with Crippen molar-refractivity contribution in [3.8, 4) is 0 Å². The predicted molar refractivity (Wildman–Crippen MR) is 65.7 cm³/mol. The minimum atomic E-state index is 0.323. The molecule has 0 atom stereocenters. The summed E-state index contributed by atoms with van der Waals surface area (Å²) in [6.45, 7) is 3.63. The van der Waals surface area contributed by atoms with Gasteiger partial charge in [-0.25, -0.2) is 9.97 Å². The van der Waals surface area contributed by atoms with E-state index < -0.39 is 0 Å². The smallest absolute Gasteiger partial charge is 0.173 e. The second-order valence-electron chi connectivity index (χ2n) is 3.92. The van der Waals surface area contributed by atoms with E-state index in [4.69, 9.17) is 0 Å². The maximum absolute atomic E-state index is 11.6. The fraction of sp³-hybridized carbons (Fsp3) is 0.400. The molecule has 1 aromatic heterocycles. The summed E-state index contributed by atoms with van der Waals surface area (Å²) in [5.74, 6) is 1.58. The van der Waals surface area contributed by atoms with E-state index in [1.165, 1.54) is 6.20 Å². The third kappa shape index (κ3) is 1.90. The van der Waals surface area contributed by atoms with Crippen LogP contribution in [0.1, 0.15) is 0 Å². The average molecular weight is 233 g/mol. The first-order valence-corrected chi connectivity index (χ1v) is 5.57. The van der Waals surface area contributed by atoms with Crippen LogP contribution < -0.4 is 20.6 Å². The quantitative estimate of drug-likeness (QED) is 0.711. The molecule has 17 heavy (non-hydrogen) atoms. The predicted octanol–water partition coefficient (Wildman–Crippen LogP) is 0.0871. The monoisotopic (exact) mass is 233 g/mol. The SMILES string of the molecule is [O-]N1C=CNc2ncc(N3CCNCC3)nc21. The van der Waals surface area contributed by atoms with Gasteiger partial charge in [-0.2, -0.15) is 0 Å². The van der Waals surface area contributed by atoms with Gasteiger partial charge in [0.15, 0.2) is 11.6 Å². The Morgan fingerprint density at radius 2 is 2.12 bits per heavy atom. The molecule has 0 radical (unpaired) electrons. The van der Waals surface area contributed by atoms with E-state index in [0.29, 0.717) is 11.6 Å². The summed E-state index contributed by atoms with van der Waals surface area (Å²) in [4.78, 5) is 10.7. The van der Waals surface area contributed by atoms with Crippen LogP contribution in [0.4, 0.5) is 17.5 Å². The number of piperazine rings is 1. The number of nitrogens with zero attached hydrogens (tertiary/aromatic N) is 4. The number of anilines is 3. The van der Waals surface area contributed by atoms with E-state index in [1.807, 2.05) is 0 Å². The zero-order valence-electron chi connectivity index (χ0n) is 9.26. The number of fused-ring (bicyclic) bond motifs is 1. The van der Waals surface area contributed by atoms with Crippen LogP contribution in [0.25, 0.3) is 0 Å². The summed E-state index contributed by atoms with van der Waals surface area (Å²) in [5.41, 5.74) is 0. The molecule has 1 saturated heterocycles. The molecule has 2 aliphatic heterocycles. The van der Waals surface area contributed by atoms with Crippen molar-refractivity contribution < 1.29 is 0 Å². The van der Waals surface area contributed by atoms with Gasteiger partial charge in [-0.15, -0.1) is 0 Å². The van der Waals surface area contributed by atoms with Gasteiger partial charge in [0.2, 0.25) is 0 Å². The van der Waals surface area contributed by atoms with E-state index in [9.17, 15) is 5.21 Å². The normalized spacial score (nSPS) is 18.9. The van der Waals surface area contributed by atoms with Crippen molar-refractivity contribution in [2.45, 2.75) is 0 Å². The third-order valence-electron chi connectivity index (χ3n) is 2.82. The van der Waals surface area contributed by atoms with Gasteiger partial charge in [0.25, 0.3) is 0 Å². The first-order chi connectivity index (χ1) is 8.34. The zero-order chi connectivity index (χ0) is 11.7. The van der Waals surface area contributed by atoms with E-state index in [2.05, 4.69) is 25.5 Å². The van der Waals surface area contributed by atoms with E-state index in [-0.39, 0.29) is 0 Å². The van der Waals surface area contributed by atoms with Crippen molar-refractivity contribution in [3.63, 3.8) is 0 Å². The number of hydroxylamine groups is 1. The number of hydrogen-bond donors (Lipinski definition) is 2. The maximum atomic E-state index is 11.6. The molecule has 0 amide bonds. The summed E-state index contributed by atoms with van der Waals surface area (Å²) in [6.07, 6.45) is 4.64. The number of rotatable bonds is 1. The summed E-state index contributed by atoms with van der Waals surface area (Å²) in [5, 5.41) is 18.5. The Labute approximate surface area is 98.7 Å². The summed E-state index contributed by atoms with van der Waals surface area (Å²) in [7, 11) is 0. The van der Waals surface area contributed by atoms with Gasteiger partial charge in [0, 0.05) is 38.6 Å². The van der Waals surface area contributed by atoms with Crippen LogP contribution in [0, 0.1) is 5.21 Å². The van der Waals surface area contributed by atoms with Crippen molar-refractivity contribution in [3.05, 3.63) is 23.8 Å². The lowest BCUT2D eigenvalue weighted by Crippen LogP contribution is -2.44. The highest BCUT2D eigenvalue weighted by atomic mass is 16.5. The lowest BCUT2D eigenvalue weighted by atomic mass is 10.3. The van der Waals surface area contributed by atoms with Gasteiger partial charge in [0.05, 0.1) is 6.20 Å². The first kappa shape index (κ1) is 10.3. The third-order valence-corrected chi connectivity index (χ3v) is 2.82. The molecule has 3 rings (SSSR count). The Morgan fingerprint density at radius 1 is 1.29 bits per heavy atom. The Bertz CT molecular complexity index is 442. The van der Waals surface area contributed by atoms with Crippen LogP contribution in [-0.4, -0.2) is 36.1 Å². The van der Waals surface area contributed by atoms with Gasteiger partial charge < -0.3 is 25.8 Å². The summed E-state index contributed by atoms with van der Waals surface area (Å²) >= 11 is 0. The van der Waals surface area contributed by atoms with Crippen LogP contribution in [0.2, 0.25) is 0 Å². The van der Waals surface area contributed by atoms with Crippen LogP contribution >= 0.6 is 0 Å². The average Bonchev–Trinajstić information content (AvgIpc) is 2.40. The van der Waals surface area contributed by atoms with E-state index >= 15 is 0 Å². The molecule has 0 bridgehead atoms. The van der Waals surface area contributed by atoms with Crippen molar-refractivity contribution in [2.24, 2.45) is 0 Å². The highest BCUT2D eigenvalue weighted by Gasteiger charge is 2.16. The summed E-state index contributed by atoms with van der Waals surface area (Å²) < 4.78 is 0. The molecule has 0 saturated carbocycles. The molecule has 0 spiro atoms. The van der Waals surface area contributed by atoms with Crippen LogP contribution in [0.3, 0.4) is 0 Å². The lowest BCUT2D eigenvalue weighted by molar-refractivity contribution is 0.584. The molecular formula is C10H13N6O-. The molecule has 3 heterocycles. The molecule has 0 unspecified atom stereocenters. The molecule has 1 aromatic rings. The standard InChI is InChI=1S/C10H13N6O/c17-16-6-3-12-9-10(16)14-8(7-13-9)15-4-1-11-2-5-15/h3,6-7,11H,1-2,4-5H2,(H,12,13)/q-1. The van der Waals surface area contributed by atoms with Crippen molar-refractivity contribution in [2.75, 3.05) is 41.5 Å². The van der Waals surface area contributed by atoms with Crippen molar-refractivity contribution in [1.29, 1.82) is 0 Å². The topological polar surface area (TPSA) is 79.4 Å². The molecule has 90 valence electrons. The zero-order valence-corrected chi connectivity index (χ0v) is 9.26.